The highest BCUT2D eigenvalue weighted by atomic mass is 19.3. The third-order valence-corrected chi connectivity index (χ3v) is 2.57. The Hall–Kier alpha value is -2.69. The van der Waals surface area contributed by atoms with Crippen LogP contribution in [0.25, 0.3) is 6.08 Å². The fourth-order valence-electron chi connectivity index (χ4n) is 1.64. The zero-order chi connectivity index (χ0) is 15.1. The van der Waals surface area contributed by atoms with Gasteiger partial charge in [0.2, 0.25) is 5.91 Å². The average Bonchev–Trinajstić information content (AvgIpc) is 2.48. The van der Waals surface area contributed by atoms with E-state index in [0.29, 0.717) is 5.69 Å². The quantitative estimate of drug-likeness (QED) is 0.847. The fourth-order valence-corrected chi connectivity index (χ4v) is 1.64. The van der Waals surface area contributed by atoms with Crippen LogP contribution in [0, 0.1) is 0 Å². The maximum Gasteiger partial charge on any atom is 0.387 e. The molecule has 0 aromatic heterocycles. The SMILES string of the molecule is O=C(/C=C/c1ccccc1)Nc1ccc(OC(F)F)cc1. The molecule has 0 bridgehead atoms. The molecule has 2 aromatic carbocycles. The zero-order valence-corrected chi connectivity index (χ0v) is 11.0. The van der Waals surface area contributed by atoms with Gasteiger partial charge in [0.25, 0.3) is 0 Å². The van der Waals surface area contributed by atoms with Crippen molar-refractivity contribution in [3.63, 3.8) is 0 Å². The Morgan fingerprint density at radius 2 is 1.71 bits per heavy atom. The first kappa shape index (κ1) is 14.7. The molecule has 0 aliphatic carbocycles. The van der Waals surface area contributed by atoms with E-state index < -0.39 is 6.61 Å². The molecule has 1 amide bonds. The van der Waals surface area contributed by atoms with E-state index in [1.807, 2.05) is 30.3 Å². The van der Waals surface area contributed by atoms with Crippen LogP contribution >= 0.6 is 0 Å². The van der Waals surface area contributed by atoms with Crippen LogP contribution in [0.5, 0.6) is 5.75 Å². The summed E-state index contributed by atoms with van der Waals surface area (Å²) in [7, 11) is 0. The molecule has 0 atom stereocenters. The summed E-state index contributed by atoms with van der Waals surface area (Å²) in [6.07, 6.45) is 3.09. The summed E-state index contributed by atoms with van der Waals surface area (Å²) in [5.41, 5.74) is 1.41. The second-order valence-electron chi connectivity index (χ2n) is 4.14. The monoisotopic (exact) mass is 289 g/mol. The molecule has 0 spiro atoms. The van der Waals surface area contributed by atoms with E-state index in [4.69, 9.17) is 0 Å². The number of anilines is 1. The first-order valence-corrected chi connectivity index (χ1v) is 6.22. The second-order valence-corrected chi connectivity index (χ2v) is 4.14. The lowest BCUT2D eigenvalue weighted by atomic mass is 10.2. The molecule has 108 valence electrons. The van der Waals surface area contributed by atoms with E-state index in [9.17, 15) is 13.6 Å². The Kier molecular flexibility index (Phi) is 5.04. The molecular formula is C16H13F2NO2. The van der Waals surface area contributed by atoms with Crippen molar-refractivity contribution in [3.05, 3.63) is 66.2 Å². The summed E-state index contributed by atoms with van der Waals surface area (Å²) in [4.78, 5) is 11.7. The molecule has 0 aliphatic heterocycles. The Labute approximate surface area is 120 Å². The number of ether oxygens (including phenoxy) is 1. The number of hydrogen-bond acceptors (Lipinski definition) is 2. The van der Waals surface area contributed by atoms with Gasteiger partial charge in [0.05, 0.1) is 0 Å². The minimum Gasteiger partial charge on any atom is -0.435 e. The van der Waals surface area contributed by atoms with Crippen molar-refractivity contribution in [2.75, 3.05) is 5.32 Å². The van der Waals surface area contributed by atoms with Gasteiger partial charge in [-0.25, -0.2) is 0 Å². The fraction of sp³-hybridized carbons (Fsp3) is 0.0625. The first-order valence-electron chi connectivity index (χ1n) is 6.22. The number of hydrogen-bond donors (Lipinski definition) is 1. The lowest BCUT2D eigenvalue weighted by molar-refractivity contribution is -0.111. The van der Waals surface area contributed by atoms with Crippen molar-refractivity contribution < 1.29 is 18.3 Å². The van der Waals surface area contributed by atoms with Crippen LogP contribution in [-0.2, 0) is 4.79 Å². The highest BCUT2D eigenvalue weighted by Crippen LogP contribution is 2.17. The highest BCUT2D eigenvalue weighted by molar-refractivity contribution is 6.01. The molecule has 1 N–H and O–H groups in total. The third kappa shape index (κ3) is 5.06. The van der Waals surface area contributed by atoms with Crippen molar-refractivity contribution in [1.82, 2.24) is 0 Å². The molecule has 2 rings (SSSR count). The topological polar surface area (TPSA) is 38.3 Å². The number of nitrogens with one attached hydrogen (secondary N) is 1. The minimum atomic E-state index is -2.86. The molecular weight excluding hydrogens is 276 g/mol. The van der Waals surface area contributed by atoms with Gasteiger partial charge in [0, 0.05) is 11.8 Å². The Morgan fingerprint density at radius 3 is 2.33 bits per heavy atom. The van der Waals surface area contributed by atoms with Crippen LogP contribution in [0.15, 0.2) is 60.7 Å². The number of halogens is 2. The summed E-state index contributed by atoms with van der Waals surface area (Å²) in [6, 6.07) is 15.1. The zero-order valence-electron chi connectivity index (χ0n) is 11.0. The number of amides is 1. The van der Waals surface area contributed by atoms with Crippen molar-refractivity contribution >= 4 is 17.7 Å². The van der Waals surface area contributed by atoms with Crippen LogP contribution in [0.1, 0.15) is 5.56 Å². The van der Waals surface area contributed by atoms with E-state index in [-0.39, 0.29) is 11.7 Å². The molecule has 0 radical (unpaired) electrons. The molecule has 0 fully saturated rings. The van der Waals surface area contributed by atoms with Crippen molar-refractivity contribution in [1.29, 1.82) is 0 Å². The molecule has 0 heterocycles. The predicted octanol–water partition coefficient (Wildman–Crippen LogP) is 3.94. The van der Waals surface area contributed by atoms with Gasteiger partial charge in [0.1, 0.15) is 5.75 Å². The van der Waals surface area contributed by atoms with Gasteiger partial charge < -0.3 is 10.1 Å². The van der Waals surface area contributed by atoms with Crippen LogP contribution in [0.3, 0.4) is 0 Å². The van der Waals surface area contributed by atoms with E-state index in [1.54, 1.807) is 6.08 Å². The minimum absolute atomic E-state index is 0.0443. The normalized spacial score (nSPS) is 10.8. The number of alkyl halides is 2. The predicted molar refractivity (Wildman–Crippen MR) is 77.2 cm³/mol. The van der Waals surface area contributed by atoms with Crippen molar-refractivity contribution in [2.24, 2.45) is 0 Å². The molecule has 2 aromatic rings. The van der Waals surface area contributed by atoms with Crippen LogP contribution in [0.2, 0.25) is 0 Å². The van der Waals surface area contributed by atoms with Gasteiger partial charge in [0.15, 0.2) is 0 Å². The number of benzene rings is 2. The Balaban J connectivity index is 1.92. The van der Waals surface area contributed by atoms with Crippen molar-refractivity contribution in [3.8, 4) is 5.75 Å². The van der Waals surface area contributed by atoms with Gasteiger partial charge in [-0.3, -0.25) is 4.79 Å². The standard InChI is InChI=1S/C16H13F2NO2/c17-16(18)21-14-9-7-13(8-10-14)19-15(20)11-6-12-4-2-1-3-5-12/h1-11,16H,(H,19,20)/b11-6+. The average molecular weight is 289 g/mol. The molecule has 0 saturated carbocycles. The smallest absolute Gasteiger partial charge is 0.387 e. The Morgan fingerprint density at radius 1 is 1.05 bits per heavy atom. The maximum atomic E-state index is 12.0. The molecule has 0 unspecified atom stereocenters. The van der Waals surface area contributed by atoms with Gasteiger partial charge in [-0.15, -0.1) is 0 Å². The van der Waals surface area contributed by atoms with E-state index in [1.165, 1.54) is 30.3 Å². The largest absolute Gasteiger partial charge is 0.435 e. The number of rotatable bonds is 5. The summed E-state index contributed by atoms with van der Waals surface area (Å²) >= 11 is 0. The van der Waals surface area contributed by atoms with Crippen LogP contribution < -0.4 is 10.1 Å². The molecule has 3 nitrogen and oxygen atoms in total. The van der Waals surface area contributed by atoms with E-state index >= 15 is 0 Å². The van der Waals surface area contributed by atoms with E-state index in [0.717, 1.165) is 5.56 Å². The summed E-state index contributed by atoms with van der Waals surface area (Å²) in [6.45, 7) is -2.86. The molecule has 5 heteroatoms. The van der Waals surface area contributed by atoms with E-state index in [2.05, 4.69) is 10.1 Å². The lowest BCUT2D eigenvalue weighted by Gasteiger charge is -2.06. The number of carbonyl (C=O) groups is 1. The summed E-state index contributed by atoms with van der Waals surface area (Å²) in [5, 5.41) is 2.62. The highest BCUT2D eigenvalue weighted by Gasteiger charge is 2.04. The molecule has 0 aliphatic rings. The lowest BCUT2D eigenvalue weighted by Crippen LogP contribution is -2.08. The maximum absolute atomic E-state index is 12.0. The Bertz CT molecular complexity index is 610. The second kappa shape index (κ2) is 7.19. The van der Waals surface area contributed by atoms with Gasteiger partial charge in [-0.05, 0) is 35.9 Å². The summed E-state index contributed by atoms with van der Waals surface area (Å²) in [5.74, 6) is -0.260. The van der Waals surface area contributed by atoms with Gasteiger partial charge >= 0.3 is 6.61 Å². The third-order valence-electron chi connectivity index (χ3n) is 2.57. The molecule has 21 heavy (non-hydrogen) atoms. The number of carbonyl (C=O) groups excluding carboxylic acids is 1. The van der Waals surface area contributed by atoms with Gasteiger partial charge in [-0.1, -0.05) is 30.3 Å². The van der Waals surface area contributed by atoms with Crippen LogP contribution in [-0.4, -0.2) is 12.5 Å². The van der Waals surface area contributed by atoms with Crippen molar-refractivity contribution in [2.45, 2.75) is 6.61 Å². The summed E-state index contributed by atoms with van der Waals surface area (Å²) < 4.78 is 28.2. The van der Waals surface area contributed by atoms with Gasteiger partial charge in [-0.2, -0.15) is 8.78 Å². The molecule has 0 saturated heterocycles. The van der Waals surface area contributed by atoms with Crippen LogP contribution in [0.4, 0.5) is 14.5 Å². The first-order chi connectivity index (χ1) is 10.1.